The number of hydrogen-bond donors (Lipinski definition) is 1. The van der Waals surface area contributed by atoms with E-state index in [1.807, 2.05) is 6.08 Å². The van der Waals surface area contributed by atoms with Gasteiger partial charge in [-0.1, -0.05) is 44.6 Å². The van der Waals surface area contributed by atoms with Gasteiger partial charge in [-0.2, -0.15) is 0 Å². The topological polar surface area (TPSA) is 37.3 Å². The molecule has 2 heteroatoms. The normalized spacial score (nSPS) is 49.0. The van der Waals surface area contributed by atoms with Gasteiger partial charge in [0.05, 0.1) is 6.10 Å². The number of aliphatic hydroxyl groups is 1. The van der Waals surface area contributed by atoms with Gasteiger partial charge in [0.15, 0.2) is 5.78 Å². The van der Waals surface area contributed by atoms with Gasteiger partial charge in [0.1, 0.15) is 0 Å². The number of rotatable bonds is 0. The van der Waals surface area contributed by atoms with Crippen LogP contribution in [0, 0.1) is 28.6 Å². The molecule has 0 spiro atoms. The molecular formula is C21H28O2. The Morgan fingerprint density at radius 3 is 2.78 bits per heavy atom. The third kappa shape index (κ3) is 1.82. The number of hydrogen-bond acceptors (Lipinski definition) is 2. The summed E-state index contributed by atoms with van der Waals surface area (Å²) < 4.78 is 0. The maximum atomic E-state index is 11.9. The molecule has 0 radical (unpaired) electrons. The second-order valence-corrected chi connectivity index (χ2v) is 8.77. The number of ketones is 1. The zero-order valence-corrected chi connectivity index (χ0v) is 14.6. The van der Waals surface area contributed by atoms with Crippen molar-refractivity contribution in [2.45, 2.75) is 59.0 Å². The number of allylic oxidation sites excluding steroid dienone is 4. The lowest BCUT2D eigenvalue weighted by Gasteiger charge is -2.53. The number of carbonyl (C=O) groups excluding carboxylic acids is 1. The molecule has 4 aliphatic rings. The smallest absolute Gasteiger partial charge is 0.155 e. The SMILES string of the molecule is C=C1C(O)C2(C)CC=C3C(CCC4=CC(=O)CCC43C)C2[C@@H]1C. The molecular weight excluding hydrogens is 284 g/mol. The molecule has 4 aliphatic carbocycles. The van der Waals surface area contributed by atoms with Gasteiger partial charge >= 0.3 is 0 Å². The van der Waals surface area contributed by atoms with Crippen molar-refractivity contribution in [2.24, 2.45) is 28.6 Å². The average Bonchev–Trinajstić information content (AvgIpc) is 2.69. The highest BCUT2D eigenvalue weighted by molar-refractivity contribution is 5.92. The first kappa shape index (κ1) is 15.4. The van der Waals surface area contributed by atoms with Crippen LogP contribution in [0.5, 0.6) is 0 Å². The monoisotopic (exact) mass is 312 g/mol. The minimum Gasteiger partial charge on any atom is -0.388 e. The first-order valence-corrected chi connectivity index (χ1v) is 9.10. The Morgan fingerprint density at radius 2 is 2.04 bits per heavy atom. The Balaban J connectivity index is 1.80. The van der Waals surface area contributed by atoms with Crippen molar-refractivity contribution in [3.8, 4) is 0 Å². The molecule has 0 saturated heterocycles. The fourth-order valence-electron chi connectivity index (χ4n) is 6.30. The van der Waals surface area contributed by atoms with Gasteiger partial charge < -0.3 is 5.11 Å². The van der Waals surface area contributed by atoms with Gasteiger partial charge in [-0.3, -0.25) is 4.79 Å². The Bertz CT molecular complexity index is 655. The van der Waals surface area contributed by atoms with Crippen molar-refractivity contribution in [1.29, 1.82) is 0 Å². The lowest BCUT2D eigenvalue weighted by molar-refractivity contribution is -0.115. The molecule has 0 aromatic heterocycles. The molecule has 0 aliphatic heterocycles. The molecule has 1 N–H and O–H groups in total. The van der Waals surface area contributed by atoms with E-state index in [1.54, 1.807) is 5.57 Å². The molecule has 2 saturated carbocycles. The van der Waals surface area contributed by atoms with Crippen molar-refractivity contribution in [2.75, 3.05) is 0 Å². The molecule has 2 nitrogen and oxygen atoms in total. The minimum atomic E-state index is -0.377. The Labute approximate surface area is 139 Å². The lowest BCUT2D eigenvalue weighted by Crippen LogP contribution is -2.46. The van der Waals surface area contributed by atoms with E-state index in [0.717, 1.165) is 31.3 Å². The van der Waals surface area contributed by atoms with Crippen molar-refractivity contribution in [3.05, 3.63) is 35.5 Å². The fraction of sp³-hybridized carbons (Fsp3) is 0.667. The molecule has 23 heavy (non-hydrogen) atoms. The molecule has 2 fully saturated rings. The van der Waals surface area contributed by atoms with Gasteiger partial charge in [0.2, 0.25) is 0 Å². The molecule has 6 atom stereocenters. The molecule has 5 unspecified atom stereocenters. The third-order valence-electron chi connectivity index (χ3n) is 7.73. The van der Waals surface area contributed by atoms with Crippen LogP contribution in [0.1, 0.15) is 52.9 Å². The van der Waals surface area contributed by atoms with Crippen LogP contribution in [0.2, 0.25) is 0 Å². The third-order valence-corrected chi connectivity index (χ3v) is 7.73. The summed E-state index contributed by atoms with van der Waals surface area (Å²) in [5.74, 6) is 1.70. The quantitative estimate of drug-likeness (QED) is 0.680. The highest BCUT2D eigenvalue weighted by Gasteiger charge is 2.59. The zero-order chi connectivity index (χ0) is 16.6. The van der Waals surface area contributed by atoms with E-state index in [2.05, 4.69) is 33.4 Å². The van der Waals surface area contributed by atoms with Gasteiger partial charge in [-0.05, 0) is 55.1 Å². The summed E-state index contributed by atoms with van der Waals surface area (Å²) in [5.41, 5.74) is 3.94. The van der Waals surface area contributed by atoms with E-state index in [-0.39, 0.29) is 16.9 Å². The van der Waals surface area contributed by atoms with E-state index < -0.39 is 0 Å². The minimum absolute atomic E-state index is 0.0628. The highest BCUT2D eigenvalue weighted by Crippen LogP contribution is 2.65. The van der Waals surface area contributed by atoms with Crippen LogP contribution in [0.25, 0.3) is 0 Å². The Kier molecular flexibility index (Phi) is 3.14. The fourth-order valence-corrected chi connectivity index (χ4v) is 6.30. The largest absolute Gasteiger partial charge is 0.388 e. The first-order valence-electron chi connectivity index (χ1n) is 9.10. The maximum absolute atomic E-state index is 11.9. The van der Waals surface area contributed by atoms with Gasteiger partial charge in [0, 0.05) is 17.3 Å². The number of aliphatic hydroxyl groups excluding tert-OH is 1. The summed E-state index contributed by atoms with van der Waals surface area (Å²) in [6.07, 6.45) is 8.69. The van der Waals surface area contributed by atoms with Gasteiger partial charge in [0.25, 0.3) is 0 Å². The summed E-state index contributed by atoms with van der Waals surface area (Å²) >= 11 is 0. The van der Waals surface area contributed by atoms with Crippen molar-refractivity contribution >= 4 is 5.78 Å². The van der Waals surface area contributed by atoms with Crippen LogP contribution in [-0.2, 0) is 4.79 Å². The van der Waals surface area contributed by atoms with Crippen LogP contribution in [-0.4, -0.2) is 17.0 Å². The van der Waals surface area contributed by atoms with E-state index in [1.165, 1.54) is 5.57 Å². The van der Waals surface area contributed by atoms with Crippen LogP contribution in [0.4, 0.5) is 0 Å². The number of carbonyl (C=O) groups is 1. The summed E-state index contributed by atoms with van der Waals surface area (Å²) in [5, 5.41) is 10.8. The summed E-state index contributed by atoms with van der Waals surface area (Å²) in [6, 6.07) is 0. The first-order chi connectivity index (χ1) is 10.8. The average molecular weight is 312 g/mol. The molecule has 0 aromatic carbocycles. The van der Waals surface area contributed by atoms with Crippen LogP contribution in [0.3, 0.4) is 0 Å². The molecule has 0 aromatic rings. The Morgan fingerprint density at radius 1 is 1.30 bits per heavy atom. The van der Waals surface area contributed by atoms with Gasteiger partial charge in [-0.25, -0.2) is 0 Å². The molecule has 124 valence electrons. The zero-order valence-electron chi connectivity index (χ0n) is 14.6. The maximum Gasteiger partial charge on any atom is 0.155 e. The van der Waals surface area contributed by atoms with E-state index in [9.17, 15) is 9.90 Å². The molecule has 0 bridgehead atoms. The predicted molar refractivity (Wildman–Crippen MR) is 91.8 cm³/mol. The second kappa shape index (κ2) is 4.69. The summed E-state index contributed by atoms with van der Waals surface area (Å²) in [6.45, 7) is 11.1. The van der Waals surface area contributed by atoms with Crippen LogP contribution in [0.15, 0.2) is 35.5 Å². The van der Waals surface area contributed by atoms with Gasteiger partial charge in [-0.15, -0.1) is 0 Å². The summed E-state index contributed by atoms with van der Waals surface area (Å²) in [4.78, 5) is 11.9. The van der Waals surface area contributed by atoms with Crippen LogP contribution < -0.4 is 0 Å². The van der Waals surface area contributed by atoms with E-state index in [0.29, 0.717) is 30.0 Å². The Hall–Kier alpha value is -1.15. The van der Waals surface area contributed by atoms with Crippen molar-refractivity contribution < 1.29 is 9.90 Å². The second-order valence-electron chi connectivity index (χ2n) is 8.77. The number of fused-ring (bicyclic) bond motifs is 5. The van der Waals surface area contributed by atoms with E-state index in [4.69, 9.17) is 0 Å². The molecule has 0 amide bonds. The highest BCUT2D eigenvalue weighted by atomic mass is 16.3. The predicted octanol–water partition coefficient (Wildman–Crippen LogP) is 4.21. The lowest BCUT2D eigenvalue weighted by atomic mass is 9.51. The molecule has 4 rings (SSSR count). The van der Waals surface area contributed by atoms with Crippen molar-refractivity contribution in [1.82, 2.24) is 0 Å². The molecule has 0 heterocycles. The standard InChI is InChI=1S/C21H28O2/c1-12-13(2)19(23)21(4)10-8-17-16(18(12)21)6-5-14-11-15(22)7-9-20(14,17)3/h8,11-12,16,18-19,23H,2,5-7,9-10H2,1,3-4H3/t12-,16?,18?,19?,20?,21?/m1/s1. The van der Waals surface area contributed by atoms with E-state index >= 15 is 0 Å². The summed E-state index contributed by atoms with van der Waals surface area (Å²) in [7, 11) is 0. The van der Waals surface area contributed by atoms with Crippen LogP contribution >= 0.6 is 0 Å². The van der Waals surface area contributed by atoms with Crippen molar-refractivity contribution in [3.63, 3.8) is 0 Å².